The molecule has 0 aliphatic carbocycles. The maximum absolute atomic E-state index is 9.60. The van der Waals surface area contributed by atoms with Gasteiger partial charge in [0.25, 0.3) is 0 Å². The fourth-order valence-corrected chi connectivity index (χ4v) is 4.10. The van der Waals surface area contributed by atoms with Crippen LogP contribution >= 0.6 is 0 Å². The third kappa shape index (κ3) is 5.24. The van der Waals surface area contributed by atoms with Gasteiger partial charge in [-0.2, -0.15) is 0 Å². The van der Waals surface area contributed by atoms with E-state index in [4.69, 9.17) is 0 Å². The smallest absolute Gasteiger partial charge is 0.325 e. The minimum atomic E-state index is -0.306. The summed E-state index contributed by atoms with van der Waals surface area (Å²) in [4.78, 5) is 14.2. The summed E-state index contributed by atoms with van der Waals surface area (Å²) in [5.74, 6) is 0.417. The summed E-state index contributed by atoms with van der Waals surface area (Å²) in [5, 5.41) is 18.4. The maximum Gasteiger partial charge on any atom is 0.325 e. The van der Waals surface area contributed by atoms with E-state index in [9.17, 15) is 9.90 Å². The van der Waals surface area contributed by atoms with Crippen molar-refractivity contribution in [2.75, 3.05) is 0 Å². The molecule has 4 aromatic carbocycles. The number of aliphatic hydroxyl groups excluding tert-OH is 1. The molecule has 5 aromatic rings. The van der Waals surface area contributed by atoms with E-state index in [0.29, 0.717) is 0 Å². The third-order valence-electron chi connectivity index (χ3n) is 6.17. The predicted octanol–water partition coefficient (Wildman–Crippen LogP) is 8.30. The van der Waals surface area contributed by atoms with Gasteiger partial charge < -0.3 is 10.1 Å². The quantitative estimate of drug-likeness (QED) is 0.0499. The Morgan fingerprint density at radius 3 is 2.20 bits per heavy atom. The Balaban J connectivity index is 0.000000216. The molecule has 0 saturated heterocycles. The second-order valence-electron chi connectivity index (χ2n) is 11.1. The number of fused-ring (bicyclic) bond motifs is 3. The van der Waals surface area contributed by atoms with Crippen LogP contribution < -0.4 is 0 Å². The molecule has 0 amide bonds. The van der Waals surface area contributed by atoms with Gasteiger partial charge in [0, 0.05) is 31.7 Å². The fourth-order valence-electron chi connectivity index (χ4n) is 4.10. The summed E-state index contributed by atoms with van der Waals surface area (Å²) < 4.78 is 0. The van der Waals surface area contributed by atoms with E-state index in [-0.39, 0.29) is 42.5 Å². The van der Waals surface area contributed by atoms with Crippen LogP contribution in [0.4, 0.5) is 0 Å². The predicted molar refractivity (Wildman–Crippen MR) is 146 cm³/mol. The molecule has 0 fully saturated rings. The summed E-state index contributed by atoms with van der Waals surface area (Å²) in [6, 6.07) is 20.8. The van der Waals surface area contributed by atoms with Crippen LogP contribution in [-0.2, 0) is 20.1 Å². The molecule has 5 rings (SSSR count). The Morgan fingerprint density at radius 2 is 1.54 bits per heavy atom. The zero-order valence-corrected chi connectivity index (χ0v) is 23.8. The van der Waals surface area contributed by atoms with E-state index in [0.717, 1.165) is 16.5 Å². The van der Waals surface area contributed by atoms with Gasteiger partial charge in [0.15, 0.2) is 0 Å². The maximum atomic E-state index is 9.60. The van der Waals surface area contributed by atoms with Crippen LogP contribution in [0.25, 0.3) is 43.2 Å². The molecule has 0 saturated carbocycles. The number of aromatic nitrogens is 1. The molecule has 2 N–H and O–H groups in total. The first-order chi connectivity index (χ1) is 15.9. The van der Waals surface area contributed by atoms with Crippen LogP contribution in [0.1, 0.15) is 47.1 Å². The van der Waals surface area contributed by atoms with Gasteiger partial charge in [-0.05, 0) is 53.9 Å². The van der Waals surface area contributed by atoms with Crippen LogP contribution in [-0.4, -0.2) is 20.7 Å². The monoisotopic (exact) mass is 644 g/mol. The number of pyridine rings is 1. The van der Waals surface area contributed by atoms with Crippen molar-refractivity contribution in [1.29, 1.82) is 0 Å². The number of aryl methyl sites for hydroxylation is 1. The molecular weight excluding hydrogens is 611 g/mol. The van der Waals surface area contributed by atoms with E-state index in [1.807, 2.05) is 53.8 Å². The van der Waals surface area contributed by atoms with E-state index in [2.05, 4.69) is 60.4 Å². The SMILES string of the molecule is CC(C)(C)C(=[OH+])/C=C(\O)C(C)(C)C.Cc1[c-]c2c3ncccc3c3cccc4ccc(c1)c2c43.[Ir]. The van der Waals surface area contributed by atoms with Crippen molar-refractivity contribution in [3.8, 4) is 0 Å². The Morgan fingerprint density at radius 1 is 0.886 bits per heavy atom. The standard InChI is InChI=1S/C20H12N.C11H20O2.Ir/c1-12-10-14-8-7-13-4-2-5-15-16-6-3-9-21-20(16)17(11-12)19(14)18(13)15;1-10(2,3)8(12)7-9(13)11(4,5)6;/h2-10H,1H3;7,12H,1-6H3;/q-1;;/p+1/b;8-7-;. The number of aliphatic hydroxyl groups is 1. The van der Waals surface area contributed by atoms with Crippen LogP contribution in [0, 0.1) is 23.8 Å². The van der Waals surface area contributed by atoms with Crippen molar-refractivity contribution < 1.29 is 30.0 Å². The second-order valence-corrected chi connectivity index (χ2v) is 11.1. The summed E-state index contributed by atoms with van der Waals surface area (Å²) in [6.45, 7) is 13.5. The van der Waals surface area contributed by atoms with Gasteiger partial charge >= 0.3 is 5.78 Å². The largest absolute Gasteiger partial charge is 0.511 e. The Labute approximate surface area is 220 Å². The molecule has 0 unspecified atom stereocenters. The van der Waals surface area contributed by atoms with E-state index < -0.39 is 0 Å². The van der Waals surface area contributed by atoms with Gasteiger partial charge in [0.05, 0.1) is 11.5 Å². The Bertz CT molecular complexity index is 1550. The number of allylic oxidation sites excluding steroid dienone is 2. The van der Waals surface area contributed by atoms with Gasteiger partial charge in [-0.25, -0.2) is 0 Å². The van der Waals surface area contributed by atoms with Crippen molar-refractivity contribution in [3.05, 3.63) is 78.2 Å². The van der Waals surface area contributed by atoms with E-state index in [1.165, 1.54) is 38.4 Å². The normalized spacial score (nSPS) is 12.6. The number of ketones is 1. The summed E-state index contributed by atoms with van der Waals surface area (Å²) in [6.07, 6.45) is 3.31. The van der Waals surface area contributed by atoms with Gasteiger partial charge in [0.1, 0.15) is 5.76 Å². The molecule has 1 radical (unpaired) electrons. The first-order valence-electron chi connectivity index (χ1n) is 11.7. The van der Waals surface area contributed by atoms with E-state index in [1.54, 1.807) is 0 Å². The average molecular weight is 644 g/mol. The Hall–Kier alpha value is -2.81. The molecule has 4 heteroatoms. The molecule has 1 aromatic heterocycles. The fraction of sp³-hybridized carbons (Fsp3) is 0.290. The Kier molecular flexibility index (Phi) is 7.41. The molecule has 0 atom stereocenters. The van der Waals surface area contributed by atoms with Crippen molar-refractivity contribution >= 4 is 49.0 Å². The molecule has 0 spiro atoms. The number of rotatable bonds is 1. The summed E-state index contributed by atoms with van der Waals surface area (Å²) in [7, 11) is 0. The van der Waals surface area contributed by atoms with Gasteiger partial charge in [-0.15, -0.1) is 28.5 Å². The van der Waals surface area contributed by atoms with Crippen LogP contribution in [0.3, 0.4) is 0 Å². The minimum absolute atomic E-state index is 0. The molecule has 0 bridgehead atoms. The van der Waals surface area contributed by atoms with Crippen LogP contribution in [0.15, 0.2) is 66.6 Å². The molecular formula is C31H33IrNO2. The number of nitrogens with zero attached hydrogens (tertiary/aromatic N) is 1. The average Bonchev–Trinajstić information content (AvgIpc) is 2.77. The van der Waals surface area contributed by atoms with Gasteiger partial charge in [0.2, 0.25) is 0 Å². The summed E-state index contributed by atoms with van der Waals surface area (Å²) >= 11 is 0. The number of carbonyl (C=O) groups excluding carboxylic acids is 1. The molecule has 0 aliphatic rings. The summed E-state index contributed by atoms with van der Waals surface area (Å²) in [5.41, 5.74) is 1.60. The molecule has 1 heterocycles. The van der Waals surface area contributed by atoms with E-state index >= 15 is 0 Å². The zero-order valence-electron chi connectivity index (χ0n) is 21.4. The zero-order chi connectivity index (χ0) is 24.8. The van der Waals surface area contributed by atoms with Crippen molar-refractivity contribution in [2.45, 2.75) is 48.5 Å². The van der Waals surface area contributed by atoms with Crippen LogP contribution in [0.5, 0.6) is 0 Å². The third-order valence-corrected chi connectivity index (χ3v) is 6.17. The molecule has 3 nitrogen and oxygen atoms in total. The number of benzene rings is 4. The van der Waals surface area contributed by atoms with Crippen molar-refractivity contribution in [3.63, 3.8) is 0 Å². The first kappa shape index (κ1) is 26.8. The first-order valence-corrected chi connectivity index (χ1v) is 11.7. The van der Waals surface area contributed by atoms with Crippen LogP contribution in [0.2, 0.25) is 0 Å². The molecule has 0 aliphatic heterocycles. The second kappa shape index (κ2) is 9.68. The van der Waals surface area contributed by atoms with Crippen molar-refractivity contribution in [2.24, 2.45) is 10.8 Å². The molecule has 183 valence electrons. The van der Waals surface area contributed by atoms with Crippen molar-refractivity contribution in [1.82, 2.24) is 4.98 Å². The molecule has 35 heavy (non-hydrogen) atoms. The minimum Gasteiger partial charge on any atom is -0.511 e. The van der Waals surface area contributed by atoms with Gasteiger partial charge in [-0.3, -0.25) is 4.79 Å². The number of hydrogen-bond donors (Lipinski definition) is 1. The van der Waals surface area contributed by atoms with Gasteiger partial charge in [-0.1, -0.05) is 69.5 Å². The number of hydrogen-bond acceptors (Lipinski definition) is 2. The topological polar surface area (TPSA) is 54.5 Å².